The summed E-state index contributed by atoms with van der Waals surface area (Å²) in [5.74, 6) is 0. The van der Waals surface area contributed by atoms with Gasteiger partial charge in [0.05, 0.1) is 5.69 Å². The van der Waals surface area contributed by atoms with Crippen LogP contribution in [-0.4, -0.2) is 39.0 Å². The van der Waals surface area contributed by atoms with Crippen molar-refractivity contribution in [1.82, 2.24) is 14.7 Å². The van der Waals surface area contributed by atoms with E-state index in [0.717, 1.165) is 25.1 Å². The molecular weight excluding hydrogens is 262 g/mol. The molecule has 3 rings (SSSR count). The van der Waals surface area contributed by atoms with Gasteiger partial charge in [0, 0.05) is 31.6 Å². The van der Waals surface area contributed by atoms with Crippen LogP contribution in [0.3, 0.4) is 0 Å². The van der Waals surface area contributed by atoms with Gasteiger partial charge in [0.15, 0.2) is 0 Å². The third-order valence-electron chi connectivity index (χ3n) is 4.29. The first-order valence-electron chi connectivity index (χ1n) is 7.80. The fourth-order valence-corrected chi connectivity index (χ4v) is 3.17. The monoisotopic (exact) mass is 285 g/mol. The largest absolute Gasteiger partial charge is 0.396 e. The number of aliphatic hydroxyl groups excluding tert-OH is 1. The highest BCUT2D eigenvalue weighted by Crippen LogP contribution is 2.23. The lowest BCUT2D eigenvalue weighted by Gasteiger charge is -2.24. The minimum atomic E-state index is 0.308. The Morgan fingerprint density at radius 2 is 2.10 bits per heavy atom. The number of hydrogen-bond acceptors (Lipinski definition) is 3. The van der Waals surface area contributed by atoms with Crippen molar-refractivity contribution in [3.63, 3.8) is 0 Å². The van der Waals surface area contributed by atoms with E-state index in [2.05, 4.69) is 34.3 Å². The molecule has 0 bridgehead atoms. The van der Waals surface area contributed by atoms with Gasteiger partial charge in [-0.1, -0.05) is 12.1 Å². The Kier molecular flexibility index (Phi) is 4.68. The Morgan fingerprint density at radius 3 is 2.81 bits per heavy atom. The molecule has 112 valence electrons. The molecule has 1 aliphatic rings. The van der Waals surface area contributed by atoms with Crippen molar-refractivity contribution in [3.05, 3.63) is 48.3 Å². The highest BCUT2D eigenvalue weighted by Gasteiger charge is 2.23. The van der Waals surface area contributed by atoms with E-state index in [4.69, 9.17) is 5.11 Å². The van der Waals surface area contributed by atoms with Crippen LogP contribution in [0.2, 0.25) is 0 Å². The number of rotatable bonds is 6. The number of aliphatic hydroxyl groups is 1. The lowest BCUT2D eigenvalue weighted by molar-refractivity contribution is 0.210. The summed E-state index contributed by atoms with van der Waals surface area (Å²) in [5.41, 5.74) is 2.45. The van der Waals surface area contributed by atoms with Gasteiger partial charge in [-0.2, -0.15) is 5.10 Å². The number of aromatic nitrogens is 2. The van der Waals surface area contributed by atoms with E-state index >= 15 is 0 Å². The maximum absolute atomic E-state index is 9.00. The Labute approximate surface area is 126 Å². The van der Waals surface area contributed by atoms with E-state index in [-0.39, 0.29) is 0 Å². The summed E-state index contributed by atoms with van der Waals surface area (Å²) in [4.78, 5) is 2.55. The minimum absolute atomic E-state index is 0.308. The van der Waals surface area contributed by atoms with Crippen LogP contribution in [0.4, 0.5) is 0 Å². The summed E-state index contributed by atoms with van der Waals surface area (Å²) in [6.07, 6.45) is 8.33. The number of nitrogens with zero attached hydrogens (tertiary/aromatic N) is 3. The SMILES string of the molecule is OCCCC1CCCN1Cc1ccc(-n2cccn2)cc1. The maximum Gasteiger partial charge on any atom is 0.0645 e. The van der Waals surface area contributed by atoms with Crippen LogP contribution in [0.15, 0.2) is 42.7 Å². The fourth-order valence-electron chi connectivity index (χ4n) is 3.17. The summed E-state index contributed by atoms with van der Waals surface area (Å²) in [6, 6.07) is 11.2. The Morgan fingerprint density at radius 1 is 1.24 bits per heavy atom. The predicted octanol–water partition coefficient (Wildman–Crippen LogP) is 2.61. The molecule has 1 aliphatic heterocycles. The van der Waals surface area contributed by atoms with Crippen molar-refractivity contribution in [3.8, 4) is 5.69 Å². The molecule has 1 aromatic heterocycles. The molecule has 1 N–H and O–H groups in total. The molecule has 0 aliphatic carbocycles. The van der Waals surface area contributed by atoms with Gasteiger partial charge in [0.2, 0.25) is 0 Å². The van der Waals surface area contributed by atoms with Crippen LogP contribution >= 0.6 is 0 Å². The van der Waals surface area contributed by atoms with E-state index in [1.807, 2.05) is 16.9 Å². The number of benzene rings is 1. The molecule has 2 aromatic rings. The molecule has 0 amide bonds. The Bertz CT molecular complexity index is 536. The van der Waals surface area contributed by atoms with Crippen LogP contribution in [0.25, 0.3) is 5.69 Å². The van der Waals surface area contributed by atoms with Crippen LogP contribution in [-0.2, 0) is 6.54 Å². The standard InChI is InChI=1S/C17H23N3O/c21-13-2-5-16-4-1-11-19(16)14-15-6-8-17(9-7-15)20-12-3-10-18-20/h3,6-10,12,16,21H,1-2,4-5,11,13-14H2. The van der Waals surface area contributed by atoms with E-state index in [1.165, 1.54) is 24.9 Å². The number of likely N-dealkylation sites (tertiary alicyclic amines) is 1. The lowest BCUT2D eigenvalue weighted by atomic mass is 10.1. The first kappa shape index (κ1) is 14.3. The minimum Gasteiger partial charge on any atom is -0.396 e. The first-order chi connectivity index (χ1) is 10.4. The van der Waals surface area contributed by atoms with Crippen LogP contribution in [0, 0.1) is 0 Å². The molecule has 1 saturated heterocycles. The normalized spacial score (nSPS) is 19.2. The smallest absolute Gasteiger partial charge is 0.0645 e. The van der Waals surface area contributed by atoms with Gasteiger partial charge in [0.1, 0.15) is 0 Å². The highest BCUT2D eigenvalue weighted by molar-refractivity contribution is 5.33. The average molecular weight is 285 g/mol. The summed E-state index contributed by atoms with van der Waals surface area (Å²) in [6.45, 7) is 2.50. The average Bonchev–Trinajstić information content (AvgIpc) is 3.18. The van der Waals surface area contributed by atoms with Crippen LogP contribution < -0.4 is 0 Å². The molecule has 21 heavy (non-hydrogen) atoms. The number of hydrogen-bond donors (Lipinski definition) is 1. The van der Waals surface area contributed by atoms with E-state index < -0.39 is 0 Å². The molecule has 0 spiro atoms. The summed E-state index contributed by atoms with van der Waals surface area (Å²) < 4.78 is 1.88. The molecule has 1 atom stereocenters. The fraction of sp³-hybridized carbons (Fsp3) is 0.471. The summed E-state index contributed by atoms with van der Waals surface area (Å²) in [7, 11) is 0. The van der Waals surface area contributed by atoms with Crippen LogP contribution in [0.1, 0.15) is 31.2 Å². The van der Waals surface area contributed by atoms with Crippen molar-refractivity contribution in [2.75, 3.05) is 13.2 Å². The van der Waals surface area contributed by atoms with Gasteiger partial charge in [-0.05, 0) is 56.0 Å². The van der Waals surface area contributed by atoms with Crippen molar-refractivity contribution in [2.24, 2.45) is 0 Å². The summed E-state index contributed by atoms with van der Waals surface area (Å²) in [5, 5.41) is 13.2. The molecule has 0 radical (unpaired) electrons. The molecular formula is C17H23N3O. The third kappa shape index (κ3) is 3.52. The zero-order valence-electron chi connectivity index (χ0n) is 12.4. The molecule has 4 nitrogen and oxygen atoms in total. The second kappa shape index (κ2) is 6.87. The predicted molar refractivity (Wildman–Crippen MR) is 83.3 cm³/mol. The van der Waals surface area contributed by atoms with Crippen LogP contribution in [0.5, 0.6) is 0 Å². The molecule has 2 heterocycles. The molecule has 1 aromatic carbocycles. The Hall–Kier alpha value is -1.65. The van der Waals surface area contributed by atoms with Gasteiger partial charge in [-0.15, -0.1) is 0 Å². The second-order valence-electron chi connectivity index (χ2n) is 5.75. The van der Waals surface area contributed by atoms with Gasteiger partial charge in [-0.3, -0.25) is 4.90 Å². The quantitative estimate of drug-likeness (QED) is 0.887. The van der Waals surface area contributed by atoms with E-state index in [1.54, 1.807) is 6.20 Å². The summed E-state index contributed by atoms with van der Waals surface area (Å²) >= 11 is 0. The van der Waals surface area contributed by atoms with Gasteiger partial charge in [0.25, 0.3) is 0 Å². The first-order valence-corrected chi connectivity index (χ1v) is 7.80. The lowest BCUT2D eigenvalue weighted by Crippen LogP contribution is -2.29. The molecule has 0 saturated carbocycles. The van der Waals surface area contributed by atoms with E-state index in [0.29, 0.717) is 12.6 Å². The molecule has 4 heteroatoms. The topological polar surface area (TPSA) is 41.3 Å². The zero-order chi connectivity index (χ0) is 14.5. The van der Waals surface area contributed by atoms with Crippen molar-refractivity contribution in [2.45, 2.75) is 38.3 Å². The maximum atomic E-state index is 9.00. The van der Waals surface area contributed by atoms with Crippen molar-refractivity contribution in [1.29, 1.82) is 0 Å². The Balaban J connectivity index is 1.62. The van der Waals surface area contributed by atoms with Crippen molar-refractivity contribution < 1.29 is 5.11 Å². The van der Waals surface area contributed by atoms with Gasteiger partial charge < -0.3 is 5.11 Å². The molecule has 1 unspecified atom stereocenters. The van der Waals surface area contributed by atoms with Crippen molar-refractivity contribution >= 4 is 0 Å². The third-order valence-corrected chi connectivity index (χ3v) is 4.29. The second-order valence-corrected chi connectivity index (χ2v) is 5.75. The highest BCUT2D eigenvalue weighted by atomic mass is 16.2. The van der Waals surface area contributed by atoms with Gasteiger partial charge >= 0.3 is 0 Å². The molecule has 1 fully saturated rings. The van der Waals surface area contributed by atoms with Gasteiger partial charge in [-0.25, -0.2) is 4.68 Å². The van der Waals surface area contributed by atoms with E-state index in [9.17, 15) is 0 Å². The zero-order valence-corrected chi connectivity index (χ0v) is 12.4.